The van der Waals surface area contributed by atoms with Crippen LogP contribution in [0.15, 0.2) is 42.5 Å². The number of hydrogen-bond acceptors (Lipinski definition) is 4. The summed E-state index contributed by atoms with van der Waals surface area (Å²) in [6.07, 6.45) is 0. The number of hydrazine groups is 1. The molecule has 3 N–H and O–H groups in total. The number of aromatic nitrogens is 1. The molecular formula is C14H15ClN4O. The average Bonchev–Trinajstić information content (AvgIpc) is 2.48. The molecule has 0 atom stereocenters. The minimum absolute atomic E-state index is 0.193. The van der Waals surface area contributed by atoms with Gasteiger partial charge >= 0.3 is 0 Å². The van der Waals surface area contributed by atoms with E-state index in [4.69, 9.17) is 17.4 Å². The third kappa shape index (κ3) is 3.26. The normalized spacial score (nSPS) is 10.2. The van der Waals surface area contributed by atoms with Crippen molar-refractivity contribution in [2.75, 3.05) is 12.5 Å². The van der Waals surface area contributed by atoms with Crippen LogP contribution in [-0.4, -0.2) is 22.8 Å². The van der Waals surface area contributed by atoms with Crippen molar-refractivity contribution in [1.29, 1.82) is 0 Å². The summed E-state index contributed by atoms with van der Waals surface area (Å²) in [5, 5.41) is 0.637. The number of nitrogen functional groups attached to an aromatic ring is 1. The molecule has 0 spiro atoms. The van der Waals surface area contributed by atoms with Crippen LogP contribution in [-0.2, 0) is 6.54 Å². The fourth-order valence-electron chi connectivity index (χ4n) is 1.78. The smallest absolute Gasteiger partial charge is 0.272 e. The zero-order valence-electron chi connectivity index (χ0n) is 11.0. The van der Waals surface area contributed by atoms with Crippen LogP contribution >= 0.6 is 11.6 Å². The zero-order valence-corrected chi connectivity index (χ0v) is 11.8. The van der Waals surface area contributed by atoms with Crippen molar-refractivity contribution < 1.29 is 4.79 Å². The molecule has 2 rings (SSSR count). The molecule has 1 aromatic heterocycles. The van der Waals surface area contributed by atoms with Crippen LogP contribution in [0.5, 0.6) is 0 Å². The molecule has 0 aliphatic carbocycles. The molecule has 0 saturated carbocycles. The Morgan fingerprint density at radius 1 is 1.30 bits per heavy atom. The Labute approximate surface area is 122 Å². The average molecular weight is 291 g/mol. The Morgan fingerprint density at radius 3 is 2.75 bits per heavy atom. The van der Waals surface area contributed by atoms with E-state index in [2.05, 4.69) is 10.4 Å². The summed E-state index contributed by atoms with van der Waals surface area (Å²) in [4.78, 5) is 18.0. The monoisotopic (exact) mass is 290 g/mol. The first-order valence-corrected chi connectivity index (χ1v) is 6.42. The lowest BCUT2D eigenvalue weighted by atomic mass is 10.2. The maximum atomic E-state index is 12.3. The van der Waals surface area contributed by atoms with Gasteiger partial charge in [-0.25, -0.2) is 10.8 Å². The summed E-state index contributed by atoms with van der Waals surface area (Å²) in [5.41, 5.74) is 3.63. The number of hydrogen-bond donors (Lipinski definition) is 2. The number of nitrogens with one attached hydrogen (secondary N) is 1. The van der Waals surface area contributed by atoms with Crippen LogP contribution in [0.2, 0.25) is 5.02 Å². The molecule has 0 bridgehead atoms. The number of carbonyl (C=O) groups is 1. The lowest BCUT2D eigenvalue weighted by Crippen LogP contribution is -2.27. The summed E-state index contributed by atoms with van der Waals surface area (Å²) in [6, 6.07) is 12.5. The summed E-state index contributed by atoms with van der Waals surface area (Å²) < 4.78 is 0. The van der Waals surface area contributed by atoms with Crippen molar-refractivity contribution in [3.05, 3.63) is 58.7 Å². The van der Waals surface area contributed by atoms with Crippen LogP contribution in [0.25, 0.3) is 0 Å². The molecule has 0 fully saturated rings. The molecule has 0 unspecified atom stereocenters. The molecule has 0 aliphatic rings. The highest BCUT2D eigenvalue weighted by Crippen LogP contribution is 2.17. The van der Waals surface area contributed by atoms with E-state index in [1.165, 1.54) is 0 Å². The number of rotatable bonds is 4. The molecule has 5 nitrogen and oxygen atoms in total. The van der Waals surface area contributed by atoms with E-state index >= 15 is 0 Å². The van der Waals surface area contributed by atoms with Crippen molar-refractivity contribution in [3.63, 3.8) is 0 Å². The van der Waals surface area contributed by atoms with E-state index < -0.39 is 0 Å². The standard InChI is InChI=1S/C14H15ClN4O/c1-19(9-10-5-2-3-6-11(10)15)14(20)12-7-4-8-13(17-12)18-16/h2-8H,9,16H2,1H3,(H,17,18). The van der Waals surface area contributed by atoms with E-state index in [-0.39, 0.29) is 5.91 Å². The van der Waals surface area contributed by atoms with Gasteiger partial charge in [-0.05, 0) is 23.8 Å². The highest BCUT2D eigenvalue weighted by atomic mass is 35.5. The van der Waals surface area contributed by atoms with E-state index in [1.54, 1.807) is 36.2 Å². The van der Waals surface area contributed by atoms with Crippen molar-refractivity contribution >= 4 is 23.3 Å². The Balaban J connectivity index is 2.14. The second-order valence-electron chi connectivity index (χ2n) is 4.31. The van der Waals surface area contributed by atoms with Gasteiger partial charge < -0.3 is 10.3 Å². The summed E-state index contributed by atoms with van der Waals surface area (Å²) in [5.74, 6) is 5.54. The minimum Gasteiger partial charge on any atom is -0.336 e. The highest BCUT2D eigenvalue weighted by molar-refractivity contribution is 6.31. The zero-order chi connectivity index (χ0) is 14.5. The van der Waals surface area contributed by atoms with Gasteiger partial charge in [0.2, 0.25) is 0 Å². The second kappa shape index (κ2) is 6.36. The SMILES string of the molecule is CN(Cc1ccccc1Cl)C(=O)c1cccc(NN)n1. The van der Waals surface area contributed by atoms with Crippen LogP contribution in [0.1, 0.15) is 16.1 Å². The summed E-state index contributed by atoms with van der Waals surface area (Å²) in [6.45, 7) is 0.417. The highest BCUT2D eigenvalue weighted by Gasteiger charge is 2.14. The lowest BCUT2D eigenvalue weighted by molar-refractivity contribution is 0.0779. The van der Waals surface area contributed by atoms with Gasteiger partial charge in [-0.1, -0.05) is 35.9 Å². The van der Waals surface area contributed by atoms with Gasteiger partial charge in [0, 0.05) is 18.6 Å². The van der Waals surface area contributed by atoms with Crippen molar-refractivity contribution in [1.82, 2.24) is 9.88 Å². The van der Waals surface area contributed by atoms with Crippen LogP contribution in [0.3, 0.4) is 0 Å². The Kier molecular flexibility index (Phi) is 4.55. The Hall–Kier alpha value is -2.11. The number of pyridine rings is 1. The van der Waals surface area contributed by atoms with Crippen molar-refractivity contribution in [2.24, 2.45) is 5.84 Å². The summed E-state index contributed by atoms with van der Waals surface area (Å²) in [7, 11) is 1.70. The largest absolute Gasteiger partial charge is 0.336 e. The number of nitrogens with two attached hydrogens (primary N) is 1. The maximum Gasteiger partial charge on any atom is 0.272 e. The number of carbonyl (C=O) groups excluding carboxylic acids is 1. The topological polar surface area (TPSA) is 71.2 Å². The minimum atomic E-state index is -0.193. The molecule has 2 aromatic rings. The van der Waals surface area contributed by atoms with Gasteiger partial charge in [0.15, 0.2) is 0 Å². The predicted molar refractivity (Wildman–Crippen MR) is 79.3 cm³/mol. The number of halogens is 1. The quantitative estimate of drug-likeness (QED) is 0.669. The van der Waals surface area contributed by atoms with Crippen molar-refractivity contribution in [3.8, 4) is 0 Å². The lowest BCUT2D eigenvalue weighted by Gasteiger charge is -2.17. The van der Waals surface area contributed by atoms with Gasteiger partial charge in [0.05, 0.1) is 0 Å². The molecule has 20 heavy (non-hydrogen) atoms. The van der Waals surface area contributed by atoms with E-state index in [0.29, 0.717) is 23.1 Å². The van der Waals surface area contributed by atoms with Gasteiger partial charge in [-0.15, -0.1) is 0 Å². The first kappa shape index (κ1) is 14.3. The number of nitrogens with zero attached hydrogens (tertiary/aromatic N) is 2. The fraction of sp³-hybridized carbons (Fsp3) is 0.143. The Bertz CT molecular complexity index is 618. The molecule has 104 valence electrons. The van der Waals surface area contributed by atoms with Gasteiger partial charge in [-0.2, -0.15) is 0 Å². The Morgan fingerprint density at radius 2 is 2.05 bits per heavy atom. The van der Waals surface area contributed by atoms with Gasteiger partial charge in [0.25, 0.3) is 5.91 Å². The number of benzene rings is 1. The van der Waals surface area contributed by atoms with Crippen LogP contribution in [0.4, 0.5) is 5.82 Å². The van der Waals surface area contributed by atoms with E-state index in [1.807, 2.05) is 18.2 Å². The maximum absolute atomic E-state index is 12.3. The second-order valence-corrected chi connectivity index (χ2v) is 4.71. The van der Waals surface area contributed by atoms with Crippen LogP contribution in [0, 0.1) is 0 Å². The molecule has 1 heterocycles. The number of amides is 1. The number of anilines is 1. The van der Waals surface area contributed by atoms with E-state index in [9.17, 15) is 4.79 Å². The fourth-order valence-corrected chi connectivity index (χ4v) is 1.98. The van der Waals surface area contributed by atoms with Crippen molar-refractivity contribution in [2.45, 2.75) is 6.54 Å². The molecule has 6 heteroatoms. The van der Waals surface area contributed by atoms with Gasteiger partial charge in [0.1, 0.15) is 11.5 Å². The van der Waals surface area contributed by atoms with Gasteiger partial charge in [-0.3, -0.25) is 4.79 Å². The third-order valence-electron chi connectivity index (χ3n) is 2.83. The molecule has 0 saturated heterocycles. The third-order valence-corrected chi connectivity index (χ3v) is 3.20. The predicted octanol–water partition coefficient (Wildman–Crippen LogP) is 2.29. The first-order chi connectivity index (χ1) is 9.61. The van der Waals surface area contributed by atoms with E-state index in [0.717, 1.165) is 5.56 Å². The molecule has 1 amide bonds. The molecular weight excluding hydrogens is 276 g/mol. The molecule has 0 aliphatic heterocycles. The molecule has 1 aromatic carbocycles. The molecule has 0 radical (unpaired) electrons. The van der Waals surface area contributed by atoms with Crippen LogP contribution < -0.4 is 11.3 Å². The summed E-state index contributed by atoms with van der Waals surface area (Å²) >= 11 is 6.09. The first-order valence-electron chi connectivity index (χ1n) is 6.04.